The summed E-state index contributed by atoms with van der Waals surface area (Å²) in [6, 6.07) is 1.39. The normalized spacial score (nSPS) is 26.8. The SMILES string of the molecule is CC1NNC(C)C1CNc1ncc(C(F)(F)F)cc1Cl. The quantitative estimate of drug-likeness (QED) is 0.803. The summed E-state index contributed by atoms with van der Waals surface area (Å²) in [4.78, 5) is 3.75. The van der Waals surface area contributed by atoms with E-state index in [4.69, 9.17) is 11.6 Å². The molecule has 0 bridgehead atoms. The molecule has 8 heteroatoms. The Balaban J connectivity index is 2.03. The molecule has 1 aromatic rings. The van der Waals surface area contributed by atoms with Gasteiger partial charge < -0.3 is 5.32 Å². The molecule has 2 rings (SSSR count). The molecular formula is C12H16ClF3N4. The van der Waals surface area contributed by atoms with Gasteiger partial charge in [0.1, 0.15) is 5.82 Å². The zero-order chi connectivity index (χ0) is 14.9. The van der Waals surface area contributed by atoms with Gasteiger partial charge in [-0.1, -0.05) is 11.6 Å². The number of halogens is 4. The summed E-state index contributed by atoms with van der Waals surface area (Å²) in [7, 11) is 0. The summed E-state index contributed by atoms with van der Waals surface area (Å²) in [5.41, 5.74) is 5.37. The van der Waals surface area contributed by atoms with Gasteiger partial charge in [-0.2, -0.15) is 13.2 Å². The molecule has 0 spiro atoms. The first-order valence-electron chi connectivity index (χ1n) is 6.26. The highest BCUT2D eigenvalue weighted by Gasteiger charge is 2.32. The van der Waals surface area contributed by atoms with Gasteiger partial charge in [-0.05, 0) is 19.9 Å². The molecule has 4 nitrogen and oxygen atoms in total. The number of nitrogens with zero attached hydrogens (tertiary/aromatic N) is 1. The number of anilines is 1. The first-order valence-corrected chi connectivity index (χ1v) is 6.64. The van der Waals surface area contributed by atoms with Crippen LogP contribution >= 0.6 is 11.6 Å². The van der Waals surface area contributed by atoms with Crippen LogP contribution in [0.1, 0.15) is 19.4 Å². The Kier molecular flexibility index (Phi) is 4.41. The Morgan fingerprint density at radius 1 is 1.30 bits per heavy atom. The summed E-state index contributed by atoms with van der Waals surface area (Å²) >= 11 is 5.84. The molecule has 0 amide bonds. The number of hydrazine groups is 1. The van der Waals surface area contributed by atoms with Crippen molar-refractivity contribution >= 4 is 17.4 Å². The van der Waals surface area contributed by atoms with E-state index in [9.17, 15) is 13.2 Å². The lowest BCUT2D eigenvalue weighted by Gasteiger charge is -2.19. The highest BCUT2D eigenvalue weighted by atomic mass is 35.5. The van der Waals surface area contributed by atoms with Crippen molar-refractivity contribution in [1.82, 2.24) is 15.8 Å². The zero-order valence-corrected chi connectivity index (χ0v) is 11.8. The van der Waals surface area contributed by atoms with Crippen LogP contribution in [0.15, 0.2) is 12.3 Å². The van der Waals surface area contributed by atoms with E-state index in [1.807, 2.05) is 13.8 Å². The summed E-state index contributed by atoms with van der Waals surface area (Å²) in [5.74, 6) is 0.557. The molecule has 2 atom stereocenters. The third kappa shape index (κ3) is 3.34. The Morgan fingerprint density at radius 2 is 1.90 bits per heavy atom. The van der Waals surface area contributed by atoms with Crippen LogP contribution in [0.3, 0.4) is 0 Å². The lowest BCUT2D eigenvalue weighted by atomic mass is 9.97. The molecule has 1 aromatic heterocycles. The fraction of sp³-hybridized carbons (Fsp3) is 0.583. The molecule has 2 heterocycles. The number of alkyl halides is 3. The second-order valence-corrected chi connectivity index (χ2v) is 5.37. The first kappa shape index (κ1) is 15.3. The smallest absolute Gasteiger partial charge is 0.368 e. The second-order valence-electron chi connectivity index (χ2n) is 4.96. The molecule has 0 radical (unpaired) electrons. The largest absolute Gasteiger partial charge is 0.417 e. The van der Waals surface area contributed by atoms with E-state index in [1.54, 1.807) is 0 Å². The third-order valence-corrected chi connectivity index (χ3v) is 3.78. The van der Waals surface area contributed by atoms with Gasteiger partial charge in [0.2, 0.25) is 0 Å². The van der Waals surface area contributed by atoms with Crippen molar-refractivity contribution in [2.45, 2.75) is 32.1 Å². The summed E-state index contributed by atoms with van der Waals surface area (Å²) in [5, 5.41) is 2.98. The van der Waals surface area contributed by atoms with Gasteiger partial charge in [-0.15, -0.1) is 0 Å². The first-order chi connectivity index (χ1) is 9.29. The summed E-state index contributed by atoms with van der Waals surface area (Å²) in [6.07, 6.45) is -3.65. The number of aromatic nitrogens is 1. The molecule has 1 saturated heterocycles. The molecule has 0 aromatic carbocycles. The van der Waals surface area contributed by atoms with Gasteiger partial charge in [0.05, 0.1) is 10.6 Å². The van der Waals surface area contributed by atoms with Crippen LogP contribution < -0.4 is 16.2 Å². The molecule has 1 aliphatic rings. The topological polar surface area (TPSA) is 49.0 Å². The molecule has 112 valence electrons. The number of rotatable bonds is 3. The van der Waals surface area contributed by atoms with Crippen molar-refractivity contribution < 1.29 is 13.2 Å². The molecule has 1 aliphatic heterocycles. The van der Waals surface area contributed by atoms with Crippen LogP contribution in [0.2, 0.25) is 5.02 Å². The van der Waals surface area contributed by atoms with E-state index in [0.29, 0.717) is 6.54 Å². The predicted molar refractivity (Wildman–Crippen MR) is 71.4 cm³/mol. The van der Waals surface area contributed by atoms with E-state index >= 15 is 0 Å². The minimum atomic E-state index is -4.43. The summed E-state index contributed by atoms with van der Waals surface area (Å²) < 4.78 is 37.5. The molecule has 1 fully saturated rings. The Hall–Kier alpha value is -1.05. The number of hydrogen-bond acceptors (Lipinski definition) is 4. The van der Waals surface area contributed by atoms with Crippen LogP contribution in [-0.4, -0.2) is 23.6 Å². The fourth-order valence-electron chi connectivity index (χ4n) is 2.20. The van der Waals surface area contributed by atoms with Crippen molar-refractivity contribution in [3.63, 3.8) is 0 Å². The van der Waals surface area contributed by atoms with Crippen molar-refractivity contribution in [1.29, 1.82) is 0 Å². The summed E-state index contributed by atoms with van der Waals surface area (Å²) in [6.45, 7) is 4.63. The van der Waals surface area contributed by atoms with E-state index in [-0.39, 0.29) is 28.8 Å². The lowest BCUT2D eigenvalue weighted by Crippen LogP contribution is -2.30. The molecular weight excluding hydrogens is 293 g/mol. The Bertz CT molecular complexity index is 470. The Labute approximate surface area is 120 Å². The van der Waals surface area contributed by atoms with E-state index in [0.717, 1.165) is 12.3 Å². The second kappa shape index (κ2) is 5.75. The molecule has 2 unspecified atom stereocenters. The highest BCUT2D eigenvalue weighted by molar-refractivity contribution is 6.32. The maximum Gasteiger partial charge on any atom is 0.417 e. The zero-order valence-electron chi connectivity index (χ0n) is 11.1. The minimum absolute atomic E-state index is 0.0287. The van der Waals surface area contributed by atoms with Gasteiger partial charge in [0, 0.05) is 30.7 Å². The number of pyridine rings is 1. The third-order valence-electron chi connectivity index (χ3n) is 3.50. The molecule has 20 heavy (non-hydrogen) atoms. The van der Waals surface area contributed by atoms with Crippen molar-refractivity contribution in [3.05, 3.63) is 22.8 Å². The van der Waals surface area contributed by atoms with Gasteiger partial charge >= 0.3 is 6.18 Å². The highest BCUT2D eigenvalue weighted by Crippen LogP contribution is 2.32. The minimum Gasteiger partial charge on any atom is -0.368 e. The van der Waals surface area contributed by atoms with Crippen LogP contribution in [0, 0.1) is 5.92 Å². The van der Waals surface area contributed by atoms with Gasteiger partial charge in [-0.25, -0.2) is 4.98 Å². The molecule has 3 N–H and O–H groups in total. The maximum atomic E-state index is 12.5. The van der Waals surface area contributed by atoms with Crippen LogP contribution in [-0.2, 0) is 6.18 Å². The van der Waals surface area contributed by atoms with E-state index < -0.39 is 11.7 Å². The average molecular weight is 309 g/mol. The van der Waals surface area contributed by atoms with Gasteiger partial charge in [0.15, 0.2) is 0 Å². The van der Waals surface area contributed by atoms with Gasteiger partial charge in [0.25, 0.3) is 0 Å². The van der Waals surface area contributed by atoms with Crippen molar-refractivity contribution in [2.24, 2.45) is 5.92 Å². The monoisotopic (exact) mass is 308 g/mol. The average Bonchev–Trinajstić information content (AvgIpc) is 2.67. The molecule has 0 aliphatic carbocycles. The van der Waals surface area contributed by atoms with Crippen molar-refractivity contribution in [2.75, 3.05) is 11.9 Å². The van der Waals surface area contributed by atoms with Crippen molar-refractivity contribution in [3.8, 4) is 0 Å². The number of hydrogen-bond donors (Lipinski definition) is 3. The maximum absolute atomic E-state index is 12.5. The predicted octanol–water partition coefficient (Wildman–Crippen LogP) is 2.67. The van der Waals surface area contributed by atoms with Crippen LogP contribution in [0.25, 0.3) is 0 Å². The lowest BCUT2D eigenvalue weighted by molar-refractivity contribution is -0.137. The van der Waals surface area contributed by atoms with Crippen LogP contribution in [0.4, 0.5) is 19.0 Å². The number of nitrogens with one attached hydrogen (secondary N) is 3. The van der Waals surface area contributed by atoms with E-state index in [2.05, 4.69) is 21.2 Å². The fourth-order valence-corrected chi connectivity index (χ4v) is 2.43. The molecule has 0 saturated carbocycles. The standard InChI is InChI=1S/C12H16ClF3N4/c1-6-9(7(2)20-19-6)5-18-11-10(13)3-8(4-17-11)12(14,15)16/h3-4,6-7,9,19-20H,5H2,1-2H3,(H,17,18). The van der Waals surface area contributed by atoms with Gasteiger partial charge in [-0.3, -0.25) is 10.9 Å². The van der Waals surface area contributed by atoms with Crippen LogP contribution in [0.5, 0.6) is 0 Å². The Morgan fingerprint density at radius 3 is 2.40 bits per heavy atom. The van der Waals surface area contributed by atoms with E-state index in [1.165, 1.54) is 0 Å².